The molecule has 0 radical (unpaired) electrons. The van der Waals surface area contributed by atoms with E-state index in [1.807, 2.05) is 36.4 Å². The Hall–Kier alpha value is -15.6. The van der Waals surface area contributed by atoms with E-state index in [-0.39, 0.29) is 0 Å². The fourth-order valence-corrected chi connectivity index (χ4v) is 16.8. The smallest absolute Gasteiger partial charge is 0.164 e. The number of pyridine rings is 2. The second kappa shape index (κ2) is 29.6. The Labute approximate surface area is 670 Å². The van der Waals surface area contributed by atoms with Crippen LogP contribution in [0.1, 0.15) is 0 Å². The lowest BCUT2D eigenvalue weighted by atomic mass is 9.91. The maximum absolute atomic E-state index is 5.36. The maximum atomic E-state index is 5.36. The summed E-state index contributed by atoms with van der Waals surface area (Å²) in [7, 11) is 0. The van der Waals surface area contributed by atoms with Gasteiger partial charge in [0.2, 0.25) is 0 Å². The average molecular weight is 1480 g/mol. The molecule has 0 aliphatic heterocycles. The highest BCUT2D eigenvalue weighted by Gasteiger charge is 2.22. The standard InChI is InChI=1S/C62H38N4.C47H31N3/c1-3-16-40(17-4-1)48-28-15-29-53-58(48)56-36-43(34-35-57(56)63-59(53)41-18-5-2-6-19-41)39-30-32-42(33-31-39)60-64-61(54-37-44-20-7-9-22-46(44)49-24-11-13-26-51(49)54)66-62(65-60)55-38-45-21-8-10-23-47(45)50-25-12-14-27-52(50)55;1-5-14-33(15-6-1)39-22-13-23-40-45(39)41-30-38(28-29-42(41)48-46(40)36-18-9-3-10-19-36)32-24-26-35(27-25-32)44-31-43(34-16-7-2-8-17-34)49-47(50-44)37-20-11-4-12-21-37/h1-38H;1-31H. The van der Waals surface area contributed by atoms with Crippen molar-refractivity contribution in [3.05, 3.63) is 419 Å². The van der Waals surface area contributed by atoms with E-state index < -0.39 is 0 Å². The summed E-state index contributed by atoms with van der Waals surface area (Å²) in [4.78, 5) is 36.5. The van der Waals surface area contributed by atoms with Gasteiger partial charge in [0.25, 0.3) is 0 Å². The summed E-state index contributed by atoms with van der Waals surface area (Å²) in [5.41, 5.74) is 23.1. The van der Waals surface area contributed by atoms with Gasteiger partial charge in [-0.25, -0.2) is 34.9 Å². The van der Waals surface area contributed by atoms with Gasteiger partial charge in [-0.15, -0.1) is 0 Å². The molecule has 4 aromatic heterocycles. The molecule has 0 aliphatic carbocycles. The Morgan fingerprint density at radius 3 is 0.871 bits per heavy atom. The van der Waals surface area contributed by atoms with Crippen LogP contribution in [0.25, 0.3) is 222 Å². The van der Waals surface area contributed by atoms with Crippen molar-refractivity contribution in [2.45, 2.75) is 0 Å². The normalized spacial score (nSPS) is 11.4. The molecule has 22 rings (SSSR count). The topological polar surface area (TPSA) is 90.2 Å². The summed E-state index contributed by atoms with van der Waals surface area (Å²) in [5.74, 6) is 2.60. The van der Waals surface area contributed by atoms with Crippen molar-refractivity contribution in [1.29, 1.82) is 0 Å². The molecule has 540 valence electrons. The molecule has 22 aromatic rings. The van der Waals surface area contributed by atoms with E-state index in [1.54, 1.807) is 0 Å². The molecule has 0 fully saturated rings. The van der Waals surface area contributed by atoms with Crippen molar-refractivity contribution in [3.63, 3.8) is 0 Å². The Kier molecular flexibility index (Phi) is 17.5. The molecule has 116 heavy (non-hydrogen) atoms. The molecule has 7 nitrogen and oxygen atoms in total. The quantitative estimate of drug-likeness (QED) is 0.113. The molecule has 0 unspecified atom stereocenters. The van der Waals surface area contributed by atoms with Crippen molar-refractivity contribution in [3.8, 4) is 135 Å². The molecule has 0 saturated heterocycles. The van der Waals surface area contributed by atoms with Crippen LogP contribution in [0.2, 0.25) is 0 Å². The van der Waals surface area contributed by atoms with Crippen LogP contribution in [-0.2, 0) is 0 Å². The molecule has 0 amide bonds. The summed E-state index contributed by atoms with van der Waals surface area (Å²) in [5, 5.41) is 16.1. The third-order valence-electron chi connectivity index (χ3n) is 22.4. The summed E-state index contributed by atoms with van der Waals surface area (Å²) >= 11 is 0. The summed E-state index contributed by atoms with van der Waals surface area (Å²) in [6.45, 7) is 0. The molecule has 0 atom stereocenters. The van der Waals surface area contributed by atoms with Gasteiger partial charge in [0.1, 0.15) is 0 Å². The first kappa shape index (κ1) is 68.5. The molecule has 0 bridgehead atoms. The van der Waals surface area contributed by atoms with Gasteiger partial charge in [0.05, 0.1) is 33.8 Å². The zero-order valence-corrected chi connectivity index (χ0v) is 63.0. The molecular formula is C109H69N7. The van der Waals surface area contributed by atoms with Gasteiger partial charge < -0.3 is 0 Å². The Bertz CT molecular complexity index is 7320. The van der Waals surface area contributed by atoms with Gasteiger partial charge in [-0.05, 0) is 130 Å². The molecule has 0 N–H and O–H groups in total. The minimum Gasteiger partial charge on any atom is -0.247 e. The zero-order valence-electron chi connectivity index (χ0n) is 63.0. The fourth-order valence-electron chi connectivity index (χ4n) is 16.8. The summed E-state index contributed by atoms with van der Waals surface area (Å²) in [6.07, 6.45) is 0. The Morgan fingerprint density at radius 2 is 0.440 bits per heavy atom. The second-order valence-electron chi connectivity index (χ2n) is 29.3. The molecule has 18 aromatic carbocycles. The summed E-state index contributed by atoms with van der Waals surface area (Å²) < 4.78 is 0. The van der Waals surface area contributed by atoms with Gasteiger partial charge in [0, 0.05) is 76.8 Å². The van der Waals surface area contributed by atoms with Crippen molar-refractivity contribution in [1.82, 2.24) is 34.9 Å². The van der Waals surface area contributed by atoms with Crippen molar-refractivity contribution in [2.75, 3.05) is 0 Å². The molecular weight excluding hydrogens is 1410 g/mol. The largest absolute Gasteiger partial charge is 0.247 e. The van der Waals surface area contributed by atoms with Crippen LogP contribution < -0.4 is 0 Å². The van der Waals surface area contributed by atoms with E-state index in [9.17, 15) is 0 Å². The van der Waals surface area contributed by atoms with E-state index in [1.165, 1.54) is 54.6 Å². The summed E-state index contributed by atoms with van der Waals surface area (Å²) in [6, 6.07) is 147. The minimum atomic E-state index is 0.616. The van der Waals surface area contributed by atoms with Gasteiger partial charge >= 0.3 is 0 Å². The predicted molar refractivity (Wildman–Crippen MR) is 483 cm³/mol. The first-order chi connectivity index (χ1) is 57.5. The van der Waals surface area contributed by atoms with Crippen LogP contribution in [0, 0.1) is 0 Å². The van der Waals surface area contributed by atoms with Crippen LogP contribution in [0.4, 0.5) is 0 Å². The molecule has 0 aliphatic rings. The number of hydrogen-bond acceptors (Lipinski definition) is 7. The van der Waals surface area contributed by atoms with Gasteiger partial charge in [-0.2, -0.15) is 0 Å². The lowest BCUT2D eigenvalue weighted by molar-refractivity contribution is 1.08. The van der Waals surface area contributed by atoms with E-state index in [0.717, 1.165) is 144 Å². The Balaban J connectivity index is 0.000000151. The second-order valence-corrected chi connectivity index (χ2v) is 29.3. The molecule has 0 saturated carbocycles. The van der Waals surface area contributed by atoms with E-state index in [4.69, 9.17) is 34.9 Å². The highest BCUT2D eigenvalue weighted by molar-refractivity contribution is 6.20. The third-order valence-corrected chi connectivity index (χ3v) is 22.4. The number of fused-ring (bicyclic) bond motifs is 12. The van der Waals surface area contributed by atoms with Gasteiger partial charge in [-0.1, -0.05) is 376 Å². The molecule has 4 heterocycles. The van der Waals surface area contributed by atoms with Crippen LogP contribution in [-0.4, -0.2) is 34.9 Å². The zero-order chi connectivity index (χ0) is 76.8. The number of nitrogens with zero attached hydrogens (tertiary/aromatic N) is 7. The van der Waals surface area contributed by atoms with E-state index in [0.29, 0.717) is 23.3 Å². The van der Waals surface area contributed by atoms with Gasteiger partial charge in [0.15, 0.2) is 23.3 Å². The number of rotatable bonds is 12. The maximum Gasteiger partial charge on any atom is 0.164 e. The SMILES string of the molecule is c1ccc(-c2cc(-c3ccc(-c4ccc5nc(-c6ccccc6)c6cccc(-c7ccccc7)c6c5c4)cc3)nc(-c3ccccc3)n2)cc1.c1ccc(-c2nc3ccc(-c4ccc(-c5nc(-c6cc7ccccc7c7ccccc67)nc(-c6cc7ccccc7c7ccccc67)n5)cc4)cc3c3c(-c4ccccc4)cccc23)cc1. The lowest BCUT2D eigenvalue weighted by Crippen LogP contribution is -2.01. The number of aromatic nitrogens is 7. The van der Waals surface area contributed by atoms with Crippen molar-refractivity contribution < 1.29 is 0 Å². The van der Waals surface area contributed by atoms with Crippen molar-refractivity contribution >= 4 is 86.4 Å². The third kappa shape index (κ3) is 12.8. The highest BCUT2D eigenvalue weighted by atomic mass is 15.0. The minimum absolute atomic E-state index is 0.616. The predicted octanol–water partition coefficient (Wildman–Crippen LogP) is 28.4. The lowest BCUT2D eigenvalue weighted by Gasteiger charge is -2.15. The Morgan fingerprint density at radius 1 is 0.138 bits per heavy atom. The first-order valence-electron chi connectivity index (χ1n) is 39.2. The fraction of sp³-hybridized carbons (Fsp3) is 0. The highest BCUT2D eigenvalue weighted by Crippen LogP contribution is 2.45. The van der Waals surface area contributed by atoms with Crippen molar-refractivity contribution in [2.24, 2.45) is 0 Å². The average Bonchev–Trinajstić information content (AvgIpc) is 0.760. The van der Waals surface area contributed by atoms with Crippen LogP contribution >= 0.6 is 0 Å². The van der Waals surface area contributed by atoms with Gasteiger partial charge in [-0.3, -0.25) is 0 Å². The number of hydrogen-bond donors (Lipinski definition) is 0. The monoisotopic (exact) mass is 1480 g/mol. The molecule has 7 heteroatoms. The van der Waals surface area contributed by atoms with E-state index >= 15 is 0 Å². The van der Waals surface area contributed by atoms with Crippen LogP contribution in [0.15, 0.2) is 419 Å². The molecule has 0 spiro atoms. The van der Waals surface area contributed by atoms with Crippen LogP contribution in [0.3, 0.4) is 0 Å². The van der Waals surface area contributed by atoms with Crippen LogP contribution in [0.5, 0.6) is 0 Å². The number of benzene rings is 18. The van der Waals surface area contributed by atoms with E-state index in [2.05, 4.69) is 382 Å². The first-order valence-corrected chi connectivity index (χ1v) is 39.2.